The predicted molar refractivity (Wildman–Crippen MR) is 56.4 cm³/mol. The summed E-state index contributed by atoms with van der Waals surface area (Å²) in [6.07, 6.45) is 0.197. The fourth-order valence-electron chi connectivity index (χ4n) is 1.22. The number of benzene rings is 1. The number of carboxylic acid groups (broad SMARTS) is 1. The summed E-state index contributed by atoms with van der Waals surface area (Å²) in [4.78, 5) is 10.4. The van der Waals surface area contributed by atoms with Gasteiger partial charge in [-0.3, -0.25) is 4.79 Å². The van der Waals surface area contributed by atoms with Gasteiger partial charge in [0.2, 0.25) is 0 Å². The molecular formula is C11H13NO3. The molecule has 4 nitrogen and oxygen atoms in total. The quantitative estimate of drug-likeness (QED) is 0.451. The maximum atomic E-state index is 10.4. The van der Waals surface area contributed by atoms with Crippen LogP contribution in [0.1, 0.15) is 24.0 Å². The van der Waals surface area contributed by atoms with E-state index in [1.807, 2.05) is 31.2 Å². The highest BCUT2D eigenvalue weighted by Crippen LogP contribution is 2.08. The number of hydrogen-bond acceptors (Lipinski definition) is 3. The molecule has 0 aliphatic rings. The number of hydrogen-bond donors (Lipinski definition) is 2. The molecule has 2 N–H and O–H groups in total. The van der Waals surface area contributed by atoms with Crippen LogP contribution in [0.5, 0.6) is 0 Å². The van der Waals surface area contributed by atoms with Crippen LogP contribution in [0.4, 0.5) is 0 Å². The Morgan fingerprint density at radius 1 is 1.27 bits per heavy atom. The zero-order chi connectivity index (χ0) is 11.3. The molecule has 0 bridgehead atoms. The molecule has 4 heteroatoms. The Hall–Kier alpha value is -1.84. The molecule has 0 atom stereocenters. The summed E-state index contributed by atoms with van der Waals surface area (Å²) in [6.45, 7) is 1.96. The molecule has 1 aromatic rings. The van der Waals surface area contributed by atoms with Crippen molar-refractivity contribution in [2.75, 3.05) is 0 Å². The van der Waals surface area contributed by atoms with Gasteiger partial charge in [-0.15, -0.1) is 0 Å². The molecule has 0 aromatic heterocycles. The van der Waals surface area contributed by atoms with Crippen molar-refractivity contribution in [3.63, 3.8) is 0 Å². The number of oxime groups is 1. The average molecular weight is 207 g/mol. The maximum absolute atomic E-state index is 10.4. The Morgan fingerprint density at radius 3 is 2.33 bits per heavy atom. The van der Waals surface area contributed by atoms with E-state index in [1.165, 1.54) is 0 Å². The smallest absolute Gasteiger partial charge is 0.303 e. The molecule has 0 heterocycles. The lowest BCUT2D eigenvalue weighted by molar-refractivity contribution is -0.136. The minimum atomic E-state index is -0.900. The second-order valence-corrected chi connectivity index (χ2v) is 3.31. The minimum Gasteiger partial charge on any atom is -0.481 e. The van der Waals surface area contributed by atoms with Gasteiger partial charge in [-0.25, -0.2) is 0 Å². The van der Waals surface area contributed by atoms with Gasteiger partial charge in [0.1, 0.15) is 0 Å². The van der Waals surface area contributed by atoms with Crippen LogP contribution < -0.4 is 0 Å². The molecule has 1 aromatic carbocycles. The molecule has 0 spiro atoms. The Bertz CT molecular complexity index is 368. The van der Waals surface area contributed by atoms with Crippen LogP contribution in [-0.4, -0.2) is 22.0 Å². The second kappa shape index (κ2) is 5.14. The van der Waals surface area contributed by atoms with Crippen LogP contribution in [0.15, 0.2) is 29.4 Å². The predicted octanol–water partition coefficient (Wildman–Crippen LogP) is 2.04. The van der Waals surface area contributed by atoms with E-state index in [-0.39, 0.29) is 12.8 Å². The van der Waals surface area contributed by atoms with E-state index in [1.54, 1.807) is 0 Å². The van der Waals surface area contributed by atoms with Gasteiger partial charge < -0.3 is 10.3 Å². The molecule has 0 saturated heterocycles. The number of carbonyl (C=O) groups is 1. The second-order valence-electron chi connectivity index (χ2n) is 3.31. The fraction of sp³-hybridized carbons (Fsp3) is 0.273. The van der Waals surface area contributed by atoms with E-state index in [0.29, 0.717) is 5.71 Å². The molecule has 80 valence electrons. The zero-order valence-electron chi connectivity index (χ0n) is 8.47. The Kier molecular flexibility index (Phi) is 3.85. The summed E-state index contributed by atoms with van der Waals surface area (Å²) in [5.41, 5.74) is 2.26. The molecule has 0 amide bonds. The third kappa shape index (κ3) is 3.42. The molecule has 1 rings (SSSR count). The fourth-order valence-corrected chi connectivity index (χ4v) is 1.22. The number of nitrogens with zero attached hydrogens (tertiary/aromatic N) is 1. The van der Waals surface area contributed by atoms with E-state index in [0.717, 1.165) is 11.1 Å². The van der Waals surface area contributed by atoms with Crippen LogP contribution in [-0.2, 0) is 4.79 Å². The van der Waals surface area contributed by atoms with Crippen molar-refractivity contribution in [1.82, 2.24) is 0 Å². The first-order valence-corrected chi connectivity index (χ1v) is 4.63. The Morgan fingerprint density at radius 2 is 1.87 bits per heavy atom. The number of aliphatic carboxylic acids is 1. The lowest BCUT2D eigenvalue weighted by Gasteiger charge is -2.03. The van der Waals surface area contributed by atoms with E-state index in [2.05, 4.69) is 5.16 Å². The Balaban J connectivity index is 2.75. The topological polar surface area (TPSA) is 69.9 Å². The van der Waals surface area contributed by atoms with Gasteiger partial charge in [-0.2, -0.15) is 0 Å². The van der Waals surface area contributed by atoms with Crippen molar-refractivity contribution >= 4 is 11.7 Å². The van der Waals surface area contributed by atoms with Gasteiger partial charge in [0.05, 0.1) is 12.1 Å². The van der Waals surface area contributed by atoms with Crippen LogP contribution in [0, 0.1) is 6.92 Å². The van der Waals surface area contributed by atoms with Crippen molar-refractivity contribution in [2.24, 2.45) is 5.16 Å². The summed E-state index contributed by atoms with van der Waals surface area (Å²) in [6, 6.07) is 7.40. The summed E-state index contributed by atoms with van der Waals surface area (Å²) in [5, 5.41) is 20.4. The summed E-state index contributed by atoms with van der Waals surface area (Å²) < 4.78 is 0. The van der Waals surface area contributed by atoms with Gasteiger partial charge in [-0.1, -0.05) is 35.0 Å². The van der Waals surface area contributed by atoms with Gasteiger partial charge >= 0.3 is 5.97 Å². The largest absolute Gasteiger partial charge is 0.481 e. The van der Waals surface area contributed by atoms with Crippen molar-refractivity contribution in [3.8, 4) is 0 Å². The molecule has 0 fully saturated rings. The number of aryl methyl sites for hydroxylation is 1. The van der Waals surface area contributed by atoms with Gasteiger partial charge in [-0.05, 0) is 12.5 Å². The van der Waals surface area contributed by atoms with Gasteiger partial charge in [0.25, 0.3) is 0 Å². The third-order valence-electron chi connectivity index (χ3n) is 2.08. The first-order valence-electron chi connectivity index (χ1n) is 4.63. The molecule has 15 heavy (non-hydrogen) atoms. The maximum Gasteiger partial charge on any atom is 0.303 e. The zero-order valence-corrected chi connectivity index (χ0v) is 8.47. The number of carboxylic acids is 1. The van der Waals surface area contributed by atoms with Crippen molar-refractivity contribution in [1.29, 1.82) is 0 Å². The lowest BCUT2D eigenvalue weighted by Crippen LogP contribution is -2.05. The average Bonchev–Trinajstić information content (AvgIpc) is 2.21. The summed E-state index contributed by atoms with van der Waals surface area (Å²) in [7, 11) is 0. The van der Waals surface area contributed by atoms with E-state index >= 15 is 0 Å². The van der Waals surface area contributed by atoms with Crippen molar-refractivity contribution < 1.29 is 15.1 Å². The van der Waals surface area contributed by atoms with E-state index in [9.17, 15) is 4.79 Å². The molecule has 0 aliphatic carbocycles. The highest BCUT2D eigenvalue weighted by molar-refractivity contribution is 6.01. The van der Waals surface area contributed by atoms with E-state index < -0.39 is 5.97 Å². The molecule has 0 unspecified atom stereocenters. The highest BCUT2D eigenvalue weighted by Gasteiger charge is 2.06. The van der Waals surface area contributed by atoms with Gasteiger partial charge in [0, 0.05) is 6.42 Å². The SMILES string of the molecule is Cc1ccc(/C(CCC(=O)O)=N/O)cc1. The van der Waals surface area contributed by atoms with Crippen LogP contribution in [0.2, 0.25) is 0 Å². The first kappa shape index (κ1) is 11.2. The number of rotatable bonds is 4. The monoisotopic (exact) mass is 207 g/mol. The van der Waals surface area contributed by atoms with E-state index in [4.69, 9.17) is 10.3 Å². The van der Waals surface area contributed by atoms with Crippen LogP contribution in [0.25, 0.3) is 0 Å². The lowest BCUT2D eigenvalue weighted by atomic mass is 10.0. The van der Waals surface area contributed by atoms with Crippen LogP contribution in [0.3, 0.4) is 0 Å². The molecular weight excluding hydrogens is 194 g/mol. The summed E-state index contributed by atoms with van der Waals surface area (Å²) in [5.74, 6) is -0.900. The Labute approximate surface area is 87.9 Å². The van der Waals surface area contributed by atoms with Crippen molar-refractivity contribution in [2.45, 2.75) is 19.8 Å². The standard InChI is InChI=1S/C11H13NO3/c1-8-2-4-9(5-3-8)10(12-15)6-7-11(13)14/h2-5,15H,6-7H2,1H3,(H,13,14)/b12-10+. The molecule has 0 radical (unpaired) electrons. The third-order valence-corrected chi connectivity index (χ3v) is 2.08. The summed E-state index contributed by atoms with van der Waals surface area (Å²) >= 11 is 0. The normalized spacial score (nSPS) is 11.4. The highest BCUT2D eigenvalue weighted by atomic mass is 16.4. The first-order chi connectivity index (χ1) is 7.13. The van der Waals surface area contributed by atoms with Crippen molar-refractivity contribution in [3.05, 3.63) is 35.4 Å². The molecule has 0 aliphatic heterocycles. The molecule has 0 saturated carbocycles. The van der Waals surface area contributed by atoms with Crippen LogP contribution >= 0.6 is 0 Å². The van der Waals surface area contributed by atoms with Gasteiger partial charge in [0.15, 0.2) is 0 Å². The minimum absolute atomic E-state index is 0.0345.